The molecule has 35 heavy (non-hydrogen) atoms. The fraction of sp³-hybridized carbons (Fsp3) is 0.276. The van der Waals surface area contributed by atoms with Gasteiger partial charge in [0.25, 0.3) is 0 Å². The van der Waals surface area contributed by atoms with Crippen LogP contribution >= 0.6 is 0 Å². The number of nitrogens with zero attached hydrogens (tertiary/aromatic N) is 3. The van der Waals surface area contributed by atoms with Gasteiger partial charge in [0.15, 0.2) is 5.78 Å². The Bertz CT molecular complexity index is 1400. The summed E-state index contributed by atoms with van der Waals surface area (Å²) in [5.41, 5.74) is 11.3. The van der Waals surface area contributed by atoms with Crippen LogP contribution in [0, 0.1) is 16.7 Å². The second-order valence-electron chi connectivity index (χ2n) is 9.97. The minimum Gasteiger partial charge on any atom is -0.444 e. The molecule has 6 heteroatoms. The Morgan fingerprint density at radius 3 is 2.51 bits per heavy atom. The normalized spacial score (nSPS) is 19.3. The Labute approximate surface area is 205 Å². The zero-order valence-corrected chi connectivity index (χ0v) is 20.2. The first-order chi connectivity index (χ1) is 16.8. The topological polar surface area (TPSA) is 93.9 Å². The summed E-state index contributed by atoms with van der Waals surface area (Å²) in [5.74, 6) is -0.0270. The van der Waals surface area contributed by atoms with E-state index < -0.39 is 5.92 Å². The lowest BCUT2D eigenvalue weighted by atomic mass is 9.70. The fourth-order valence-corrected chi connectivity index (χ4v) is 5.03. The van der Waals surface area contributed by atoms with Gasteiger partial charge in [0.1, 0.15) is 17.4 Å². The number of para-hydroxylation sites is 1. The zero-order valence-electron chi connectivity index (χ0n) is 20.2. The van der Waals surface area contributed by atoms with Crippen molar-refractivity contribution in [3.05, 3.63) is 94.7 Å². The molecule has 1 aliphatic heterocycles. The first kappa shape index (κ1) is 22.7. The standard InChI is InChI=1S/C29H28N4O2/c1-4-18-10-12-19(13-11-18)27-22(17-33(32-27)20-8-6-5-7-9-20)25-21(16-30)28(31)35-24-15-29(2,3)14-23(34)26(24)25/h5-13,17,25H,4,14-15,31H2,1-3H3/t25-/m1/s1. The molecule has 2 heterocycles. The van der Waals surface area contributed by atoms with Crippen LogP contribution in [0.2, 0.25) is 0 Å². The van der Waals surface area contributed by atoms with Gasteiger partial charge in [0.2, 0.25) is 5.88 Å². The molecule has 0 spiro atoms. The number of aromatic nitrogens is 2. The minimum absolute atomic E-state index is 0.0127. The van der Waals surface area contributed by atoms with E-state index in [1.807, 2.05) is 62.5 Å². The van der Waals surface area contributed by atoms with Gasteiger partial charge in [-0.05, 0) is 29.5 Å². The van der Waals surface area contributed by atoms with Crippen LogP contribution in [-0.2, 0) is 16.0 Å². The number of allylic oxidation sites excluding steroid dienone is 3. The maximum absolute atomic E-state index is 13.5. The van der Waals surface area contributed by atoms with Gasteiger partial charge in [0, 0.05) is 35.7 Å². The van der Waals surface area contributed by atoms with E-state index >= 15 is 0 Å². The smallest absolute Gasteiger partial charge is 0.205 e. The van der Waals surface area contributed by atoms with Crippen LogP contribution in [0.15, 0.2) is 83.6 Å². The fourth-order valence-electron chi connectivity index (χ4n) is 5.03. The third-order valence-corrected chi connectivity index (χ3v) is 6.79. The Hall–Kier alpha value is -4.11. The SMILES string of the molecule is CCc1ccc(-c2nn(-c3ccccc3)cc2[C@H]2C(C#N)=C(N)OC3=C2C(=O)CC(C)(C)C3)cc1. The van der Waals surface area contributed by atoms with Crippen molar-refractivity contribution in [1.82, 2.24) is 9.78 Å². The van der Waals surface area contributed by atoms with E-state index in [9.17, 15) is 10.1 Å². The zero-order chi connectivity index (χ0) is 24.7. The molecule has 3 aromatic rings. The number of hydrogen-bond donors (Lipinski definition) is 1. The molecule has 2 aliphatic rings. The Morgan fingerprint density at radius 1 is 1.14 bits per heavy atom. The summed E-state index contributed by atoms with van der Waals surface area (Å²) in [7, 11) is 0. The largest absolute Gasteiger partial charge is 0.444 e. The molecule has 176 valence electrons. The summed E-state index contributed by atoms with van der Waals surface area (Å²) < 4.78 is 7.69. The summed E-state index contributed by atoms with van der Waals surface area (Å²) in [6, 6.07) is 20.3. The number of ketones is 1. The van der Waals surface area contributed by atoms with Gasteiger partial charge in [-0.2, -0.15) is 10.4 Å². The summed E-state index contributed by atoms with van der Waals surface area (Å²) in [4.78, 5) is 13.5. The van der Waals surface area contributed by atoms with Crippen molar-refractivity contribution in [3.63, 3.8) is 0 Å². The molecule has 0 saturated carbocycles. The van der Waals surface area contributed by atoms with E-state index in [-0.39, 0.29) is 22.7 Å². The predicted molar refractivity (Wildman–Crippen MR) is 134 cm³/mol. The molecule has 2 N–H and O–H groups in total. The third-order valence-electron chi connectivity index (χ3n) is 6.79. The quantitative estimate of drug-likeness (QED) is 0.546. The molecule has 0 unspecified atom stereocenters. The van der Waals surface area contributed by atoms with Crippen LogP contribution in [0.5, 0.6) is 0 Å². The number of carbonyl (C=O) groups excluding carboxylic acids is 1. The summed E-state index contributed by atoms with van der Waals surface area (Å²) in [6.45, 7) is 6.20. The summed E-state index contributed by atoms with van der Waals surface area (Å²) in [6.07, 6.45) is 3.82. The molecule has 2 aromatic carbocycles. The van der Waals surface area contributed by atoms with Crippen LogP contribution in [0.3, 0.4) is 0 Å². The number of aryl methyl sites for hydroxylation is 1. The number of carbonyl (C=O) groups is 1. The van der Waals surface area contributed by atoms with Crippen LogP contribution in [0.4, 0.5) is 0 Å². The maximum atomic E-state index is 13.5. The number of Topliss-reactive ketones (excluding diaryl/α,β-unsaturated/α-hetero) is 1. The van der Waals surface area contributed by atoms with Crippen molar-refractivity contribution in [2.45, 2.75) is 46.0 Å². The lowest BCUT2D eigenvalue weighted by Crippen LogP contribution is -2.33. The van der Waals surface area contributed by atoms with Gasteiger partial charge >= 0.3 is 0 Å². The first-order valence-corrected chi connectivity index (χ1v) is 11.9. The van der Waals surface area contributed by atoms with Gasteiger partial charge in [-0.15, -0.1) is 0 Å². The van der Waals surface area contributed by atoms with Crippen molar-refractivity contribution in [3.8, 4) is 23.0 Å². The molecule has 5 rings (SSSR count). The van der Waals surface area contributed by atoms with E-state index in [4.69, 9.17) is 15.6 Å². The number of ether oxygens (including phenoxy) is 1. The molecule has 0 fully saturated rings. The Balaban J connectivity index is 1.75. The predicted octanol–water partition coefficient (Wildman–Crippen LogP) is 5.55. The first-order valence-electron chi connectivity index (χ1n) is 11.9. The van der Waals surface area contributed by atoms with Crippen molar-refractivity contribution < 1.29 is 9.53 Å². The highest BCUT2D eigenvalue weighted by atomic mass is 16.5. The molecule has 1 atom stereocenters. The number of rotatable bonds is 4. The van der Waals surface area contributed by atoms with Gasteiger partial charge < -0.3 is 10.5 Å². The molecular weight excluding hydrogens is 436 g/mol. The van der Waals surface area contributed by atoms with Crippen LogP contribution in [0.25, 0.3) is 16.9 Å². The van der Waals surface area contributed by atoms with Crippen molar-refractivity contribution in [2.75, 3.05) is 0 Å². The Morgan fingerprint density at radius 2 is 1.86 bits per heavy atom. The molecule has 1 aromatic heterocycles. The molecule has 1 aliphatic carbocycles. The van der Waals surface area contributed by atoms with E-state index in [2.05, 4.69) is 25.1 Å². The maximum Gasteiger partial charge on any atom is 0.205 e. The van der Waals surface area contributed by atoms with Crippen molar-refractivity contribution in [1.29, 1.82) is 5.26 Å². The van der Waals surface area contributed by atoms with E-state index in [0.29, 0.717) is 29.9 Å². The lowest BCUT2D eigenvalue weighted by molar-refractivity contribution is -0.119. The van der Waals surface area contributed by atoms with E-state index in [1.165, 1.54) is 5.56 Å². The third kappa shape index (κ3) is 4.04. The van der Waals surface area contributed by atoms with Crippen LogP contribution in [0.1, 0.15) is 50.7 Å². The van der Waals surface area contributed by atoms with Crippen molar-refractivity contribution in [2.24, 2.45) is 11.1 Å². The average Bonchev–Trinajstić information content (AvgIpc) is 3.28. The summed E-state index contributed by atoms with van der Waals surface area (Å²) >= 11 is 0. The summed E-state index contributed by atoms with van der Waals surface area (Å²) in [5, 5.41) is 15.0. The van der Waals surface area contributed by atoms with Crippen LogP contribution < -0.4 is 5.73 Å². The molecule has 0 radical (unpaired) electrons. The van der Waals surface area contributed by atoms with Gasteiger partial charge in [0.05, 0.1) is 17.3 Å². The highest BCUT2D eigenvalue weighted by molar-refractivity contribution is 6.00. The second kappa shape index (κ2) is 8.59. The lowest BCUT2D eigenvalue weighted by Gasteiger charge is -2.37. The Kier molecular flexibility index (Phi) is 5.56. The molecule has 0 saturated heterocycles. The van der Waals surface area contributed by atoms with Gasteiger partial charge in [-0.1, -0.05) is 63.2 Å². The highest BCUT2D eigenvalue weighted by Gasteiger charge is 2.44. The number of benzene rings is 2. The average molecular weight is 465 g/mol. The van der Waals surface area contributed by atoms with Gasteiger partial charge in [-0.3, -0.25) is 4.79 Å². The second-order valence-corrected chi connectivity index (χ2v) is 9.97. The van der Waals surface area contributed by atoms with Crippen LogP contribution in [-0.4, -0.2) is 15.6 Å². The van der Waals surface area contributed by atoms with E-state index in [0.717, 1.165) is 23.2 Å². The molecule has 0 amide bonds. The number of nitriles is 1. The highest BCUT2D eigenvalue weighted by Crippen LogP contribution is 2.49. The monoisotopic (exact) mass is 464 g/mol. The van der Waals surface area contributed by atoms with Gasteiger partial charge in [-0.25, -0.2) is 4.68 Å². The molecule has 6 nitrogen and oxygen atoms in total. The molecular formula is C29H28N4O2. The number of hydrogen-bond acceptors (Lipinski definition) is 5. The minimum atomic E-state index is -0.634. The number of nitrogens with two attached hydrogens (primary N) is 1. The van der Waals surface area contributed by atoms with Crippen molar-refractivity contribution >= 4 is 5.78 Å². The van der Waals surface area contributed by atoms with E-state index in [1.54, 1.807) is 4.68 Å². The molecule has 0 bridgehead atoms.